The maximum atomic E-state index is 12.9. The van der Waals surface area contributed by atoms with Crippen molar-refractivity contribution >= 4 is 17.1 Å². The van der Waals surface area contributed by atoms with Gasteiger partial charge in [-0.15, -0.1) is 0 Å². The Morgan fingerprint density at radius 2 is 2.00 bits per heavy atom. The third-order valence-corrected chi connectivity index (χ3v) is 4.77. The monoisotopic (exact) mass is 407 g/mol. The number of pyridine rings is 2. The molecule has 11 nitrogen and oxygen atoms in total. The zero-order chi connectivity index (χ0) is 20.7. The molecular weight excluding hydrogens is 390 g/mol. The number of H-pyrrole nitrogens is 2. The highest BCUT2D eigenvalue weighted by Crippen LogP contribution is 2.32. The minimum atomic E-state index is -0.694. The minimum absolute atomic E-state index is 0.0565. The molecule has 0 atom stereocenters. The summed E-state index contributed by atoms with van der Waals surface area (Å²) >= 11 is 0. The summed E-state index contributed by atoms with van der Waals surface area (Å²) in [5, 5.41) is 0. The standard InChI is InChI=1S/C19H17N7O4/c20-14(27)10-9-11(15-22-5-6-23-15)17-25-18(10)30-8-2-1-7-29-12-3-4-21-16-13(12)26(17)19(28)24-16/h3-6,9H,1-2,7-8H2,(H2,20,27)(H,22,23)(H,21,24,28). The highest BCUT2D eigenvalue weighted by Gasteiger charge is 2.25. The molecule has 0 radical (unpaired) electrons. The molecule has 2 bridgehead atoms. The van der Waals surface area contributed by atoms with Gasteiger partial charge in [0.15, 0.2) is 11.5 Å². The lowest BCUT2D eigenvalue weighted by Crippen LogP contribution is -2.21. The predicted molar refractivity (Wildman–Crippen MR) is 106 cm³/mol. The summed E-state index contributed by atoms with van der Waals surface area (Å²) in [6.45, 7) is 0.744. The van der Waals surface area contributed by atoms with Crippen LogP contribution < -0.4 is 20.9 Å². The molecule has 4 N–H and O–H groups in total. The van der Waals surface area contributed by atoms with Gasteiger partial charge in [0.2, 0.25) is 5.88 Å². The second-order valence-corrected chi connectivity index (χ2v) is 6.69. The Morgan fingerprint density at radius 1 is 1.17 bits per heavy atom. The number of nitrogens with two attached hydrogens (primary N) is 1. The van der Waals surface area contributed by atoms with E-state index in [0.717, 1.165) is 0 Å². The van der Waals surface area contributed by atoms with E-state index in [4.69, 9.17) is 15.2 Å². The fraction of sp³-hybridized carbons (Fsp3) is 0.211. The van der Waals surface area contributed by atoms with Crippen LogP contribution in [-0.4, -0.2) is 48.6 Å². The fourth-order valence-corrected chi connectivity index (χ4v) is 3.41. The smallest absolute Gasteiger partial charge is 0.333 e. The molecular formula is C19H17N7O4. The van der Waals surface area contributed by atoms with E-state index in [1.165, 1.54) is 10.6 Å². The number of nitrogens with one attached hydrogen (secondary N) is 2. The van der Waals surface area contributed by atoms with Crippen molar-refractivity contribution < 1.29 is 14.3 Å². The van der Waals surface area contributed by atoms with Crippen molar-refractivity contribution in [2.45, 2.75) is 12.8 Å². The van der Waals surface area contributed by atoms with Gasteiger partial charge >= 0.3 is 5.69 Å². The van der Waals surface area contributed by atoms with Gasteiger partial charge in [-0.2, -0.15) is 4.98 Å². The molecule has 4 aromatic heterocycles. The zero-order valence-corrected chi connectivity index (χ0v) is 15.7. The van der Waals surface area contributed by atoms with Crippen LogP contribution in [0.15, 0.2) is 35.5 Å². The summed E-state index contributed by atoms with van der Waals surface area (Å²) < 4.78 is 13.0. The molecule has 0 aromatic carbocycles. The van der Waals surface area contributed by atoms with Gasteiger partial charge in [-0.1, -0.05) is 0 Å². The summed E-state index contributed by atoms with van der Waals surface area (Å²) in [5.41, 5.74) is 6.38. The number of hydrogen-bond acceptors (Lipinski definition) is 7. The molecule has 152 valence electrons. The Morgan fingerprint density at radius 3 is 2.77 bits per heavy atom. The second-order valence-electron chi connectivity index (χ2n) is 6.69. The minimum Gasteiger partial charge on any atom is -0.491 e. The van der Waals surface area contributed by atoms with E-state index in [1.54, 1.807) is 24.7 Å². The van der Waals surface area contributed by atoms with Crippen LogP contribution in [0.4, 0.5) is 0 Å². The first-order valence-electron chi connectivity index (χ1n) is 9.34. The Balaban J connectivity index is 1.89. The summed E-state index contributed by atoms with van der Waals surface area (Å²) in [6, 6.07) is 3.21. The molecule has 0 saturated heterocycles. The van der Waals surface area contributed by atoms with Crippen LogP contribution >= 0.6 is 0 Å². The van der Waals surface area contributed by atoms with E-state index < -0.39 is 11.6 Å². The fourth-order valence-electron chi connectivity index (χ4n) is 3.41. The number of ether oxygens (including phenoxy) is 2. The van der Waals surface area contributed by atoms with Crippen molar-refractivity contribution in [3.05, 3.63) is 46.8 Å². The van der Waals surface area contributed by atoms with Crippen LogP contribution in [0.5, 0.6) is 11.6 Å². The number of nitrogens with zero attached hydrogens (tertiary/aromatic N) is 4. The molecule has 1 aliphatic rings. The molecule has 4 aromatic rings. The predicted octanol–water partition coefficient (Wildman–Crippen LogP) is 1.15. The Hall–Kier alpha value is -4.15. The topological polar surface area (TPSA) is 154 Å². The molecule has 5 heterocycles. The second kappa shape index (κ2) is 7.03. The molecule has 0 aliphatic carbocycles. The number of aromatic nitrogens is 6. The number of amides is 1. The Bertz CT molecular complexity index is 1310. The maximum absolute atomic E-state index is 12.9. The molecule has 0 fully saturated rings. The van der Waals surface area contributed by atoms with Gasteiger partial charge in [0.25, 0.3) is 5.91 Å². The molecule has 1 aliphatic heterocycles. The largest absolute Gasteiger partial charge is 0.491 e. The van der Waals surface area contributed by atoms with Crippen LogP contribution in [0, 0.1) is 0 Å². The lowest BCUT2D eigenvalue weighted by molar-refractivity contribution is 0.0995. The van der Waals surface area contributed by atoms with E-state index >= 15 is 0 Å². The van der Waals surface area contributed by atoms with E-state index in [9.17, 15) is 9.59 Å². The zero-order valence-electron chi connectivity index (χ0n) is 15.7. The lowest BCUT2D eigenvalue weighted by atomic mass is 10.1. The first-order valence-corrected chi connectivity index (χ1v) is 9.34. The number of aromatic amines is 2. The number of carbonyl (C=O) groups excluding carboxylic acids is 1. The molecule has 0 unspecified atom stereocenters. The van der Waals surface area contributed by atoms with E-state index in [0.29, 0.717) is 54.4 Å². The molecule has 1 amide bonds. The van der Waals surface area contributed by atoms with Crippen molar-refractivity contribution in [1.29, 1.82) is 0 Å². The van der Waals surface area contributed by atoms with Gasteiger partial charge in [-0.05, 0) is 18.9 Å². The maximum Gasteiger partial charge on any atom is 0.333 e. The quantitative estimate of drug-likeness (QED) is 0.450. The lowest BCUT2D eigenvalue weighted by Gasteiger charge is -2.16. The van der Waals surface area contributed by atoms with Gasteiger partial charge in [0, 0.05) is 24.7 Å². The van der Waals surface area contributed by atoms with Crippen molar-refractivity contribution in [3.8, 4) is 28.8 Å². The van der Waals surface area contributed by atoms with Crippen LogP contribution in [0.3, 0.4) is 0 Å². The first kappa shape index (κ1) is 17.9. The highest BCUT2D eigenvalue weighted by atomic mass is 16.5. The highest BCUT2D eigenvalue weighted by molar-refractivity contribution is 5.97. The number of imidazole rings is 2. The molecule has 0 saturated carbocycles. The average molecular weight is 407 g/mol. The third kappa shape index (κ3) is 2.87. The number of rotatable bonds is 2. The van der Waals surface area contributed by atoms with Crippen molar-refractivity contribution in [2.75, 3.05) is 13.2 Å². The molecule has 0 spiro atoms. The van der Waals surface area contributed by atoms with E-state index in [2.05, 4.69) is 24.9 Å². The third-order valence-electron chi connectivity index (χ3n) is 4.77. The number of fused-ring (bicyclic) bond motifs is 3. The number of hydrogen-bond donors (Lipinski definition) is 3. The van der Waals surface area contributed by atoms with Crippen LogP contribution in [0.1, 0.15) is 23.2 Å². The van der Waals surface area contributed by atoms with Gasteiger partial charge in [0.05, 0.1) is 18.8 Å². The molecule has 30 heavy (non-hydrogen) atoms. The molecule has 11 heteroatoms. The summed E-state index contributed by atoms with van der Waals surface area (Å²) in [7, 11) is 0. The summed E-state index contributed by atoms with van der Waals surface area (Å²) in [5.74, 6) is 0.473. The SMILES string of the molecule is NC(=O)c1cc(-c2ncc[nH]2)c2nc1OCCCCOc1ccnc3[nH]c(=O)n-2c13. The normalized spacial score (nSPS) is 13.7. The van der Waals surface area contributed by atoms with Crippen LogP contribution in [0.25, 0.3) is 28.4 Å². The van der Waals surface area contributed by atoms with Gasteiger partial charge in [-0.25, -0.2) is 19.3 Å². The van der Waals surface area contributed by atoms with Crippen LogP contribution in [0.2, 0.25) is 0 Å². The van der Waals surface area contributed by atoms with Gasteiger partial charge < -0.3 is 20.2 Å². The van der Waals surface area contributed by atoms with Gasteiger partial charge in [-0.3, -0.25) is 9.78 Å². The molecule has 5 rings (SSSR count). The van der Waals surface area contributed by atoms with Crippen LogP contribution in [-0.2, 0) is 0 Å². The Kier molecular flexibility index (Phi) is 4.20. The van der Waals surface area contributed by atoms with Crippen molar-refractivity contribution in [1.82, 2.24) is 29.5 Å². The first-order chi connectivity index (χ1) is 14.6. The number of carbonyl (C=O) groups is 1. The number of primary amides is 1. The van der Waals surface area contributed by atoms with E-state index in [1.807, 2.05) is 0 Å². The Labute approximate surface area is 168 Å². The summed E-state index contributed by atoms with van der Waals surface area (Å²) in [6.07, 6.45) is 6.14. The average Bonchev–Trinajstić information content (AvgIpc) is 3.36. The van der Waals surface area contributed by atoms with Gasteiger partial charge in [0.1, 0.15) is 22.7 Å². The van der Waals surface area contributed by atoms with E-state index in [-0.39, 0.29) is 17.3 Å². The van der Waals surface area contributed by atoms with Crippen molar-refractivity contribution in [3.63, 3.8) is 0 Å². The van der Waals surface area contributed by atoms with Crippen molar-refractivity contribution in [2.24, 2.45) is 5.73 Å². The summed E-state index contributed by atoms with van der Waals surface area (Å²) in [4.78, 5) is 43.7.